The average Bonchev–Trinajstić information content (AvgIpc) is 2.50. The van der Waals surface area contributed by atoms with E-state index in [0.717, 1.165) is 5.56 Å². The number of hydrogen-bond acceptors (Lipinski definition) is 4. The van der Waals surface area contributed by atoms with Gasteiger partial charge in [-0.3, -0.25) is 4.72 Å². The Bertz CT molecular complexity index is 691. The highest BCUT2D eigenvalue weighted by Gasteiger charge is 2.12. The van der Waals surface area contributed by atoms with Gasteiger partial charge in [0.1, 0.15) is 5.75 Å². The molecule has 0 spiro atoms. The van der Waals surface area contributed by atoms with Gasteiger partial charge in [0.05, 0.1) is 5.75 Å². The number of nitrogens with two attached hydrogens (primary N) is 1. The molecule has 0 aliphatic heterocycles. The summed E-state index contributed by atoms with van der Waals surface area (Å²) in [6.07, 6.45) is 1.07. The van der Waals surface area contributed by atoms with E-state index in [2.05, 4.69) is 4.72 Å². The van der Waals surface area contributed by atoms with E-state index in [9.17, 15) is 13.5 Å². The van der Waals surface area contributed by atoms with E-state index in [4.69, 9.17) is 5.73 Å². The molecule has 0 saturated carbocycles. The van der Waals surface area contributed by atoms with Crippen LogP contribution in [-0.2, 0) is 10.0 Å². The second kappa shape index (κ2) is 8.76. The predicted molar refractivity (Wildman–Crippen MR) is 95.4 cm³/mol. The Morgan fingerprint density at radius 3 is 2.26 bits per heavy atom. The number of phenolic OH excluding ortho intramolecular Hbond substituents is 1. The zero-order chi connectivity index (χ0) is 16.0. The molecule has 126 valence electrons. The van der Waals surface area contributed by atoms with Crippen LogP contribution in [0.15, 0.2) is 54.6 Å². The minimum atomic E-state index is -3.41. The van der Waals surface area contributed by atoms with Gasteiger partial charge in [-0.15, -0.1) is 12.4 Å². The highest BCUT2D eigenvalue weighted by Crippen LogP contribution is 2.18. The topological polar surface area (TPSA) is 92.4 Å². The second-order valence-electron chi connectivity index (χ2n) is 5.13. The SMILES string of the molecule is Cl.NC(CCCS(=O)(=O)Nc1ccc(O)cc1)c1ccccc1. The van der Waals surface area contributed by atoms with Crippen molar-refractivity contribution in [2.75, 3.05) is 10.5 Å². The number of sulfonamides is 1. The van der Waals surface area contributed by atoms with Gasteiger partial charge in [-0.1, -0.05) is 30.3 Å². The Hall–Kier alpha value is -1.76. The largest absolute Gasteiger partial charge is 0.508 e. The zero-order valence-corrected chi connectivity index (χ0v) is 14.2. The lowest BCUT2D eigenvalue weighted by Gasteiger charge is -2.12. The van der Waals surface area contributed by atoms with Gasteiger partial charge in [-0.25, -0.2) is 8.42 Å². The number of anilines is 1. The van der Waals surface area contributed by atoms with Gasteiger partial charge in [0.25, 0.3) is 0 Å². The second-order valence-corrected chi connectivity index (χ2v) is 6.97. The van der Waals surface area contributed by atoms with Crippen LogP contribution in [0.2, 0.25) is 0 Å². The predicted octanol–water partition coefficient (Wildman–Crippen LogP) is 3.04. The van der Waals surface area contributed by atoms with Crippen LogP contribution in [0.1, 0.15) is 24.4 Å². The highest BCUT2D eigenvalue weighted by molar-refractivity contribution is 7.92. The highest BCUT2D eigenvalue weighted by atomic mass is 35.5. The van der Waals surface area contributed by atoms with Gasteiger partial charge < -0.3 is 10.8 Å². The molecule has 0 amide bonds. The van der Waals surface area contributed by atoms with Gasteiger partial charge in [0.15, 0.2) is 0 Å². The van der Waals surface area contributed by atoms with E-state index >= 15 is 0 Å². The maximum absolute atomic E-state index is 12.0. The molecular formula is C16H21ClN2O3S. The molecule has 0 fully saturated rings. The molecule has 1 unspecified atom stereocenters. The molecule has 7 heteroatoms. The number of hydrogen-bond donors (Lipinski definition) is 3. The Balaban J connectivity index is 0.00000264. The van der Waals surface area contributed by atoms with E-state index in [1.807, 2.05) is 30.3 Å². The maximum atomic E-state index is 12.0. The van der Waals surface area contributed by atoms with Crippen molar-refractivity contribution in [2.24, 2.45) is 5.73 Å². The fourth-order valence-corrected chi connectivity index (χ4v) is 3.26. The zero-order valence-electron chi connectivity index (χ0n) is 12.6. The molecule has 0 radical (unpaired) electrons. The smallest absolute Gasteiger partial charge is 0.232 e. The summed E-state index contributed by atoms with van der Waals surface area (Å²) >= 11 is 0. The molecule has 2 aromatic carbocycles. The van der Waals surface area contributed by atoms with Gasteiger partial charge in [0.2, 0.25) is 10.0 Å². The van der Waals surface area contributed by atoms with Gasteiger partial charge in [-0.2, -0.15) is 0 Å². The number of aromatic hydroxyl groups is 1. The van der Waals surface area contributed by atoms with Gasteiger partial charge in [-0.05, 0) is 42.7 Å². The summed E-state index contributed by atoms with van der Waals surface area (Å²) in [6, 6.07) is 15.4. The molecular weight excluding hydrogens is 336 g/mol. The normalized spacial score (nSPS) is 12.2. The fraction of sp³-hybridized carbons (Fsp3) is 0.250. The van der Waals surface area contributed by atoms with Gasteiger partial charge in [0, 0.05) is 11.7 Å². The summed E-state index contributed by atoms with van der Waals surface area (Å²) in [6.45, 7) is 0. The van der Waals surface area contributed by atoms with E-state index in [-0.39, 0.29) is 30.0 Å². The first-order valence-corrected chi connectivity index (χ1v) is 8.71. The standard InChI is InChI=1S/C16H20N2O3S.ClH/c17-16(13-5-2-1-3-6-13)7-4-12-22(20,21)18-14-8-10-15(19)11-9-14;/h1-3,5-6,8-11,16,18-19H,4,7,12,17H2;1H. The number of nitrogens with one attached hydrogen (secondary N) is 1. The molecule has 0 heterocycles. The molecule has 2 rings (SSSR count). The average molecular weight is 357 g/mol. The summed E-state index contributed by atoms with van der Waals surface area (Å²) in [4.78, 5) is 0. The van der Waals surface area contributed by atoms with E-state index in [1.165, 1.54) is 24.3 Å². The quantitative estimate of drug-likeness (QED) is 0.665. The number of halogens is 1. The van der Waals surface area contributed by atoms with Crippen LogP contribution in [-0.4, -0.2) is 19.3 Å². The minimum Gasteiger partial charge on any atom is -0.508 e. The minimum absolute atomic E-state index is 0. The van der Waals surface area contributed by atoms with Crippen molar-refractivity contribution < 1.29 is 13.5 Å². The van der Waals surface area contributed by atoms with Crippen molar-refractivity contribution in [1.29, 1.82) is 0 Å². The maximum Gasteiger partial charge on any atom is 0.232 e. The van der Waals surface area contributed by atoms with Crippen LogP contribution in [0.3, 0.4) is 0 Å². The van der Waals surface area contributed by atoms with E-state index in [0.29, 0.717) is 18.5 Å². The van der Waals surface area contributed by atoms with Crippen molar-refractivity contribution in [2.45, 2.75) is 18.9 Å². The lowest BCUT2D eigenvalue weighted by Crippen LogP contribution is -2.18. The molecule has 0 aliphatic rings. The van der Waals surface area contributed by atoms with Crippen LogP contribution in [0.25, 0.3) is 0 Å². The third-order valence-corrected chi connectivity index (χ3v) is 4.67. The first-order chi connectivity index (χ1) is 10.5. The Kier molecular flexibility index (Phi) is 7.35. The monoisotopic (exact) mass is 356 g/mol. The summed E-state index contributed by atoms with van der Waals surface area (Å²) in [5.74, 6) is 0.103. The summed E-state index contributed by atoms with van der Waals surface area (Å²) in [5, 5.41) is 9.17. The van der Waals surface area contributed by atoms with Crippen molar-refractivity contribution in [3.8, 4) is 5.75 Å². The molecule has 0 saturated heterocycles. The molecule has 5 nitrogen and oxygen atoms in total. The molecule has 2 aromatic rings. The molecule has 4 N–H and O–H groups in total. The van der Waals surface area contributed by atoms with Crippen molar-refractivity contribution in [3.05, 3.63) is 60.2 Å². The first-order valence-electron chi connectivity index (χ1n) is 7.06. The number of phenols is 1. The van der Waals surface area contributed by atoms with Crippen molar-refractivity contribution in [3.63, 3.8) is 0 Å². The van der Waals surface area contributed by atoms with Crippen LogP contribution >= 0.6 is 12.4 Å². The third-order valence-electron chi connectivity index (χ3n) is 3.30. The fourth-order valence-electron chi connectivity index (χ4n) is 2.12. The van der Waals surface area contributed by atoms with Crippen LogP contribution in [0.5, 0.6) is 5.75 Å². The van der Waals surface area contributed by atoms with Crippen LogP contribution in [0.4, 0.5) is 5.69 Å². The first kappa shape index (κ1) is 19.3. The molecule has 0 bridgehead atoms. The number of rotatable bonds is 7. The summed E-state index contributed by atoms with van der Waals surface area (Å²) in [5.41, 5.74) is 7.49. The molecule has 0 aliphatic carbocycles. The van der Waals surface area contributed by atoms with Crippen molar-refractivity contribution in [1.82, 2.24) is 0 Å². The lowest BCUT2D eigenvalue weighted by atomic mass is 10.0. The molecule has 0 aromatic heterocycles. The summed E-state index contributed by atoms with van der Waals surface area (Å²) in [7, 11) is -3.41. The third kappa shape index (κ3) is 6.48. The van der Waals surface area contributed by atoms with Crippen molar-refractivity contribution >= 4 is 28.1 Å². The summed E-state index contributed by atoms with van der Waals surface area (Å²) < 4.78 is 26.5. The van der Waals surface area contributed by atoms with Gasteiger partial charge >= 0.3 is 0 Å². The Morgan fingerprint density at radius 2 is 1.65 bits per heavy atom. The van der Waals surface area contributed by atoms with Crippen LogP contribution < -0.4 is 10.5 Å². The molecule has 23 heavy (non-hydrogen) atoms. The Labute approximate surface area is 143 Å². The Morgan fingerprint density at radius 1 is 1.04 bits per heavy atom. The van der Waals surface area contributed by atoms with Crippen LogP contribution in [0, 0.1) is 0 Å². The van der Waals surface area contributed by atoms with E-state index < -0.39 is 10.0 Å². The lowest BCUT2D eigenvalue weighted by molar-refractivity contribution is 0.475. The van der Waals surface area contributed by atoms with E-state index in [1.54, 1.807) is 0 Å². The molecule has 1 atom stereocenters. The number of benzene rings is 2.